The first-order valence-corrected chi connectivity index (χ1v) is 8.77. The molecule has 0 aromatic heterocycles. The van der Waals surface area contributed by atoms with Gasteiger partial charge >= 0.3 is 0 Å². The molecular weight excluding hydrogens is 330 g/mol. The van der Waals surface area contributed by atoms with Gasteiger partial charge in [0.2, 0.25) is 5.91 Å². The summed E-state index contributed by atoms with van der Waals surface area (Å²) in [6.07, 6.45) is 0.358. The van der Waals surface area contributed by atoms with E-state index >= 15 is 0 Å². The third-order valence-electron chi connectivity index (χ3n) is 4.07. The van der Waals surface area contributed by atoms with Gasteiger partial charge in [0.15, 0.2) is 11.5 Å². The molecule has 0 unspecified atom stereocenters. The molecule has 0 fully saturated rings. The summed E-state index contributed by atoms with van der Waals surface area (Å²) in [5, 5.41) is 0. The minimum absolute atomic E-state index is 0.0521. The van der Waals surface area contributed by atoms with Crippen LogP contribution in [-0.4, -0.2) is 44.7 Å². The molecule has 0 aliphatic carbocycles. The lowest BCUT2D eigenvalue weighted by molar-refractivity contribution is -0.129. The summed E-state index contributed by atoms with van der Waals surface area (Å²) < 4.78 is 16.6. The van der Waals surface area contributed by atoms with E-state index in [9.17, 15) is 4.79 Å². The molecule has 2 rings (SSSR count). The van der Waals surface area contributed by atoms with E-state index in [2.05, 4.69) is 0 Å². The van der Waals surface area contributed by atoms with E-state index < -0.39 is 0 Å². The van der Waals surface area contributed by atoms with E-state index in [1.54, 1.807) is 19.1 Å². The van der Waals surface area contributed by atoms with Crippen molar-refractivity contribution in [3.63, 3.8) is 0 Å². The van der Waals surface area contributed by atoms with Gasteiger partial charge in [-0.25, -0.2) is 0 Å². The van der Waals surface area contributed by atoms with E-state index in [0.29, 0.717) is 31.9 Å². The monoisotopic (exact) mass is 357 g/mol. The number of para-hydroxylation sites is 2. The van der Waals surface area contributed by atoms with Crippen LogP contribution in [0.5, 0.6) is 17.2 Å². The molecule has 0 saturated carbocycles. The van der Waals surface area contributed by atoms with Gasteiger partial charge in [0, 0.05) is 7.05 Å². The minimum Gasteiger partial charge on any atom is -0.496 e. The van der Waals surface area contributed by atoms with Crippen LogP contribution in [0.3, 0.4) is 0 Å². The number of carbonyl (C=O) groups is 1. The Balaban J connectivity index is 1.85. The molecule has 0 bridgehead atoms. The third kappa shape index (κ3) is 5.41. The number of hydrogen-bond acceptors (Lipinski definition) is 4. The van der Waals surface area contributed by atoms with Crippen molar-refractivity contribution in [1.82, 2.24) is 4.90 Å². The summed E-state index contributed by atoms with van der Waals surface area (Å²) in [4.78, 5) is 14.1. The second-order valence-corrected chi connectivity index (χ2v) is 6.02. The fraction of sp³-hybridized carbons (Fsp3) is 0.381. The van der Waals surface area contributed by atoms with Crippen LogP contribution in [0.2, 0.25) is 0 Å². The quantitative estimate of drug-likeness (QED) is 0.689. The molecule has 0 atom stereocenters. The van der Waals surface area contributed by atoms with Gasteiger partial charge in [-0.3, -0.25) is 4.79 Å². The fourth-order valence-corrected chi connectivity index (χ4v) is 2.62. The van der Waals surface area contributed by atoms with Crippen LogP contribution in [0, 0.1) is 6.92 Å². The standard InChI is InChI=1S/C21H27NO4/c1-5-25-19-8-6-7-9-20(19)26-13-12-22(3)21(23)15-17-10-11-18(24-4)16(2)14-17/h6-11,14H,5,12-13,15H2,1-4H3. The van der Waals surface area contributed by atoms with Crippen LogP contribution in [0.15, 0.2) is 42.5 Å². The smallest absolute Gasteiger partial charge is 0.226 e. The van der Waals surface area contributed by atoms with Gasteiger partial charge in [0.1, 0.15) is 12.4 Å². The Bertz CT molecular complexity index is 730. The summed E-state index contributed by atoms with van der Waals surface area (Å²) in [5.41, 5.74) is 2.00. The van der Waals surface area contributed by atoms with Crippen LogP contribution in [0.1, 0.15) is 18.1 Å². The maximum atomic E-state index is 12.4. The van der Waals surface area contributed by atoms with Crippen molar-refractivity contribution < 1.29 is 19.0 Å². The molecule has 0 spiro atoms. The highest BCUT2D eigenvalue weighted by Gasteiger charge is 2.11. The molecule has 0 aliphatic rings. The highest BCUT2D eigenvalue weighted by molar-refractivity contribution is 5.78. The predicted octanol–water partition coefficient (Wildman–Crippen LogP) is 3.48. The maximum absolute atomic E-state index is 12.4. The first kappa shape index (κ1) is 19.6. The first-order chi connectivity index (χ1) is 12.5. The number of benzene rings is 2. The Morgan fingerprint density at radius 1 is 1.04 bits per heavy atom. The number of rotatable bonds is 9. The van der Waals surface area contributed by atoms with Crippen LogP contribution >= 0.6 is 0 Å². The molecule has 0 heterocycles. The average Bonchev–Trinajstić information content (AvgIpc) is 2.63. The van der Waals surface area contributed by atoms with Crippen molar-refractivity contribution in [3.8, 4) is 17.2 Å². The lowest BCUT2D eigenvalue weighted by atomic mass is 10.1. The van der Waals surface area contributed by atoms with E-state index in [1.807, 2.05) is 56.3 Å². The van der Waals surface area contributed by atoms with Gasteiger partial charge in [0.05, 0.1) is 26.7 Å². The van der Waals surface area contributed by atoms with Crippen molar-refractivity contribution in [2.75, 3.05) is 33.9 Å². The Kier molecular flexibility index (Phi) is 7.33. The van der Waals surface area contributed by atoms with Crippen LogP contribution < -0.4 is 14.2 Å². The molecule has 0 N–H and O–H groups in total. The van der Waals surface area contributed by atoms with Crippen molar-refractivity contribution >= 4 is 5.91 Å². The molecular formula is C21H27NO4. The number of methoxy groups -OCH3 is 1. The van der Waals surface area contributed by atoms with Crippen molar-refractivity contribution in [1.29, 1.82) is 0 Å². The number of nitrogens with zero attached hydrogens (tertiary/aromatic N) is 1. The second-order valence-electron chi connectivity index (χ2n) is 6.02. The van der Waals surface area contributed by atoms with Crippen LogP contribution in [-0.2, 0) is 11.2 Å². The predicted molar refractivity (Wildman–Crippen MR) is 102 cm³/mol. The summed E-state index contributed by atoms with van der Waals surface area (Å²) in [5.74, 6) is 2.30. The maximum Gasteiger partial charge on any atom is 0.226 e. The Morgan fingerprint density at radius 2 is 1.73 bits per heavy atom. The number of ether oxygens (including phenoxy) is 3. The summed E-state index contributed by atoms with van der Waals surface area (Å²) in [6, 6.07) is 13.4. The minimum atomic E-state index is 0.0521. The molecule has 0 radical (unpaired) electrons. The van der Waals surface area contributed by atoms with Gasteiger partial charge in [-0.1, -0.05) is 24.3 Å². The summed E-state index contributed by atoms with van der Waals surface area (Å²) in [7, 11) is 3.43. The van der Waals surface area contributed by atoms with E-state index in [4.69, 9.17) is 14.2 Å². The number of hydrogen-bond donors (Lipinski definition) is 0. The number of aryl methyl sites for hydroxylation is 1. The fourth-order valence-electron chi connectivity index (χ4n) is 2.62. The zero-order chi connectivity index (χ0) is 18.9. The summed E-state index contributed by atoms with van der Waals surface area (Å²) >= 11 is 0. The molecule has 26 heavy (non-hydrogen) atoms. The van der Waals surface area contributed by atoms with E-state index in [1.165, 1.54) is 0 Å². The van der Waals surface area contributed by atoms with Gasteiger partial charge in [-0.2, -0.15) is 0 Å². The molecule has 5 heteroatoms. The highest BCUT2D eigenvalue weighted by Crippen LogP contribution is 2.26. The Labute approximate surface area is 155 Å². The molecule has 0 saturated heterocycles. The normalized spacial score (nSPS) is 10.3. The van der Waals surface area contributed by atoms with Gasteiger partial charge < -0.3 is 19.1 Å². The van der Waals surface area contributed by atoms with Crippen molar-refractivity contribution in [2.45, 2.75) is 20.3 Å². The molecule has 0 aliphatic heterocycles. The lowest BCUT2D eigenvalue weighted by Crippen LogP contribution is -2.32. The second kappa shape index (κ2) is 9.70. The average molecular weight is 357 g/mol. The van der Waals surface area contributed by atoms with Crippen LogP contribution in [0.25, 0.3) is 0 Å². The van der Waals surface area contributed by atoms with E-state index in [-0.39, 0.29) is 5.91 Å². The van der Waals surface area contributed by atoms with E-state index in [0.717, 1.165) is 22.6 Å². The Morgan fingerprint density at radius 3 is 2.35 bits per heavy atom. The topological polar surface area (TPSA) is 48.0 Å². The summed E-state index contributed by atoms with van der Waals surface area (Å²) in [6.45, 7) is 5.41. The first-order valence-electron chi connectivity index (χ1n) is 8.77. The van der Waals surface area contributed by atoms with Gasteiger partial charge in [-0.15, -0.1) is 0 Å². The highest BCUT2D eigenvalue weighted by atomic mass is 16.5. The Hall–Kier alpha value is -2.69. The van der Waals surface area contributed by atoms with Crippen LogP contribution in [0.4, 0.5) is 0 Å². The zero-order valence-electron chi connectivity index (χ0n) is 16.0. The molecule has 1 amide bonds. The number of amides is 1. The van der Waals surface area contributed by atoms with Crippen molar-refractivity contribution in [2.24, 2.45) is 0 Å². The largest absolute Gasteiger partial charge is 0.496 e. The number of likely N-dealkylation sites (N-methyl/N-ethyl adjacent to an activating group) is 1. The SMILES string of the molecule is CCOc1ccccc1OCCN(C)C(=O)Cc1ccc(OC)c(C)c1. The number of carbonyl (C=O) groups excluding carboxylic acids is 1. The third-order valence-corrected chi connectivity index (χ3v) is 4.07. The molecule has 5 nitrogen and oxygen atoms in total. The molecule has 140 valence electrons. The lowest BCUT2D eigenvalue weighted by Gasteiger charge is -2.18. The zero-order valence-corrected chi connectivity index (χ0v) is 16.0. The van der Waals surface area contributed by atoms with Gasteiger partial charge in [0.25, 0.3) is 0 Å². The van der Waals surface area contributed by atoms with Gasteiger partial charge in [-0.05, 0) is 43.2 Å². The van der Waals surface area contributed by atoms with Crippen molar-refractivity contribution in [3.05, 3.63) is 53.6 Å². The molecule has 2 aromatic carbocycles. The molecule has 2 aromatic rings.